The number of esters is 1. The van der Waals surface area contributed by atoms with Crippen LogP contribution in [0.2, 0.25) is 64.5 Å². The molecule has 0 saturated heterocycles. The number of carboxylic acids is 1. The van der Waals surface area contributed by atoms with Crippen LogP contribution in [0.15, 0.2) is 12.2 Å². The van der Waals surface area contributed by atoms with Crippen molar-refractivity contribution in [3.63, 3.8) is 0 Å². The van der Waals surface area contributed by atoms with Crippen LogP contribution in [0.25, 0.3) is 0 Å². The van der Waals surface area contributed by atoms with Crippen molar-refractivity contribution in [2.45, 2.75) is 90.7 Å². The molecule has 0 aliphatic heterocycles. The zero-order chi connectivity index (χ0) is 25.9. The Morgan fingerprint density at radius 3 is 1.70 bits per heavy atom. The fourth-order valence-electron chi connectivity index (χ4n) is 3.75. The van der Waals surface area contributed by atoms with Gasteiger partial charge in [0.2, 0.25) is 0 Å². The molecule has 0 atom stereocenters. The minimum atomic E-state index is -2.42. The summed E-state index contributed by atoms with van der Waals surface area (Å²) in [7, 11) is -8.80. The summed E-state index contributed by atoms with van der Waals surface area (Å²) >= 11 is 0. The minimum absolute atomic E-state index is 0.176. The van der Waals surface area contributed by atoms with Gasteiger partial charge < -0.3 is 26.9 Å². The van der Waals surface area contributed by atoms with Gasteiger partial charge in [0.25, 0.3) is 0 Å². The molecule has 0 aromatic heterocycles. The number of carbonyl (C=O) groups excluding carboxylic acids is 1. The molecule has 12 heteroatoms. The summed E-state index contributed by atoms with van der Waals surface area (Å²) in [6.45, 7) is 23.2. The van der Waals surface area contributed by atoms with Crippen LogP contribution >= 0.6 is 0 Å². The molecule has 0 aliphatic rings. The lowest BCUT2D eigenvalue weighted by Gasteiger charge is -2.41. The van der Waals surface area contributed by atoms with E-state index in [1.54, 1.807) is 6.92 Å². The molecule has 1 N–H and O–H groups in total. The van der Waals surface area contributed by atoms with E-state index in [0.29, 0.717) is 25.2 Å². The fourth-order valence-corrected chi connectivity index (χ4v) is 23.1. The number of aliphatic carboxylic acids is 1. The van der Waals surface area contributed by atoms with Gasteiger partial charge in [0, 0.05) is 18.6 Å². The zero-order valence-corrected chi connectivity index (χ0v) is 26.2. The molecule has 0 heterocycles. The highest BCUT2D eigenvalue weighted by molar-refractivity contribution is 6.89. The summed E-state index contributed by atoms with van der Waals surface area (Å²) in [5, 5.41) is 8.88. The quantitative estimate of drug-likeness (QED) is 0.109. The average Bonchev–Trinajstić information content (AvgIpc) is 2.56. The Balaban J connectivity index is 4.46. The lowest BCUT2D eigenvalue weighted by atomic mass is 10.3. The predicted octanol–water partition coefficient (Wildman–Crippen LogP) is 5.24. The van der Waals surface area contributed by atoms with Crippen molar-refractivity contribution in [3.05, 3.63) is 12.2 Å². The van der Waals surface area contributed by atoms with Crippen LogP contribution in [0.4, 0.5) is 0 Å². The Morgan fingerprint density at radius 2 is 1.24 bits per heavy atom. The maximum absolute atomic E-state index is 11.3. The van der Waals surface area contributed by atoms with Crippen LogP contribution in [0.5, 0.6) is 0 Å². The zero-order valence-electron chi connectivity index (χ0n) is 22.2. The predicted molar refractivity (Wildman–Crippen MR) is 141 cm³/mol. The molecule has 33 heavy (non-hydrogen) atoms. The lowest BCUT2D eigenvalue weighted by Crippen LogP contribution is -2.56. The maximum Gasteiger partial charge on any atom is 0.333 e. The van der Waals surface area contributed by atoms with Gasteiger partial charge in [-0.3, -0.25) is 4.79 Å². The van der Waals surface area contributed by atoms with Crippen LogP contribution in [-0.4, -0.2) is 70.6 Å². The molecular formula is C21H46O8Si4. The SMILES string of the molecule is C=C(C)C(=O)OCCOCCC[Si](C)(C)O[Si](C)(C)O[Si](C)(C)O[Si](C)(C)CCCC(=O)O. The molecule has 0 aromatic rings. The normalized spacial score (nSPS) is 13.1. The third kappa shape index (κ3) is 17.5. The molecule has 0 radical (unpaired) electrons. The number of rotatable bonds is 18. The molecular weight excluding hydrogens is 493 g/mol. The van der Waals surface area contributed by atoms with Gasteiger partial charge in [-0.15, -0.1) is 0 Å². The first-order valence-corrected chi connectivity index (χ1v) is 23.5. The van der Waals surface area contributed by atoms with Crippen molar-refractivity contribution in [2.24, 2.45) is 0 Å². The van der Waals surface area contributed by atoms with E-state index in [1.165, 1.54) is 0 Å². The van der Waals surface area contributed by atoms with Crippen molar-refractivity contribution in [1.29, 1.82) is 0 Å². The van der Waals surface area contributed by atoms with Crippen molar-refractivity contribution in [2.75, 3.05) is 19.8 Å². The van der Waals surface area contributed by atoms with Gasteiger partial charge >= 0.3 is 29.1 Å². The van der Waals surface area contributed by atoms with E-state index in [4.69, 9.17) is 26.9 Å². The first kappa shape index (κ1) is 32.4. The molecule has 8 nitrogen and oxygen atoms in total. The Labute approximate surface area is 204 Å². The summed E-state index contributed by atoms with van der Waals surface area (Å²) in [5.41, 5.74) is 0.384. The summed E-state index contributed by atoms with van der Waals surface area (Å²) in [5.74, 6) is -1.16. The lowest BCUT2D eigenvalue weighted by molar-refractivity contribution is -0.140. The van der Waals surface area contributed by atoms with E-state index >= 15 is 0 Å². The van der Waals surface area contributed by atoms with Crippen LogP contribution in [0, 0.1) is 0 Å². The number of carbonyl (C=O) groups is 2. The van der Waals surface area contributed by atoms with Gasteiger partial charge in [-0.05, 0) is 84.2 Å². The molecule has 194 valence electrons. The molecule has 0 bridgehead atoms. The Morgan fingerprint density at radius 1 is 0.758 bits per heavy atom. The van der Waals surface area contributed by atoms with E-state index in [-0.39, 0.29) is 13.0 Å². The summed E-state index contributed by atoms with van der Waals surface area (Å²) in [6, 6.07) is 1.74. The second kappa shape index (κ2) is 14.1. The average molecular weight is 539 g/mol. The van der Waals surface area contributed by atoms with Gasteiger partial charge in [0.05, 0.1) is 6.61 Å². The van der Waals surface area contributed by atoms with Gasteiger partial charge in [0.15, 0.2) is 16.6 Å². The van der Waals surface area contributed by atoms with Crippen LogP contribution in [-0.2, 0) is 31.4 Å². The topological polar surface area (TPSA) is 101 Å². The number of ether oxygens (including phenoxy) is 2. The molecule has 0 rings (SSSR count). The second-order valence-electron chi connectivity index (χ2n) is 10.5. The largest absolute Gasteiger partial charge is 0.481 e. The summed E-state index contributed by atoms with van der Waals surface area (Å²) in [6.07, 6.45) is 1.68. The van der Waals surface area contributed by atoms with E-state index < -0.39 is 45.7 Å². The molecule has 0 amide bonds. The fraction of sp³-hybridized carbons (Fsp3) is 0.810. The second-order valence-corrected chi connectivity index (χ2v) is 26.6. The molecule has 0 spiro atoms. The monoisotopic (exact) mass is 538 g/mol. The Kier molecular flexibility index (Phi) is 13.8. The molecule has 0 unspecified atom stereocenters. The van der Waals surface area contributed by atoms with E-state index in [1.807, 2.05) is 0 Å². The highest BCUT2D eigenvalue weighted by Gasteiger charge is 2.43. The first-order chi connectivity index (χ1) is 14.9. The summed E-state index contributed by atoms with van der Waals surface area (Å²) < 4.78 is 30.2. The Bertz CT molecular complexity index is 650. The molecule has 0 saturated carbocycles. The van der Waals surface area contributed by atoms with Crippen LogP contribution in [0.3, 0.4) is 0 Å². The van der Waals surface area contributed by atoms with Crippen molar-refractivity contribution < 1.29 is 36.5 Å². The van der Waals surface area contributed by atoms with E-state index in [0.717, 1.165) is 18.5 Å². The number of carboxylic acid groups (broad SMARTS) is 1. The maximum atomic E-state index is 11.3. The summed E-state index contributed by atoms with van der Waals surface area (Å²) in [4.78, 5) is 22.1. The van der Waals surface area contributed by atoms with Gasteiger partial charge in [-0.2, -0.15) is 0 Å². The molecule has 0 fully saturated rings. The standard InChI is InChI=1S/C21H46O8Si4/c1-19(2)21(24)26-16-15-25-14-12-18-31(5,6)28-33(9,10)29-32(7,8)27-30(3,4)17-11-13-20(22)23/h1,11-18H2,2-10H3,(H,22,23). The van der Waals surface area contributed by atoms with Crippen molar-refractivity contribution in [1.82, 2.24) is 0 Å². The van der Waals surface area contributed by atoms with Crippen LogP contribution in [0.1, 0.15) is 26.2 Å². The smallest absolute Gasteiger partial charge is 0.333 e. The van der Waals surface area contributed by atoms with E-state index in [9.17, 15) is 9.59 Å². The van der Waals surface area contributed by atoms with Gasteiger partial charge in [-0.25, -0.2) is 4.79 Å². The Hall–Kier alpha value is -0.612. The third-order valence-corrected chi connectivity index (χ3v) is 20.0. The van der Waals surface area contributed by atoms with Crippen LogP contribution < -0.4 is 0 Å². The highest BCUT2D eigenvalue weighted by atomic mass is 28.5. The number of hydrogen-bond donors (Lipinski definition) is 1. The number of hydrogen-bond acceptors (Lipinski definition) is 7. The molecule has 0 aliphatic carbocycles. The molecule has 0 aromatic carbocycles. The van der Waals surface area contributed by atoms with Crippen molar-refractivity contribution in [3.8, 4) is 0 Å². The van der Waals surface area contributed by atoms with E-state index in [2.05, 4.69) is 59.0 Å². The van der Waals surface area contributed by atoms with Gasteiger partial charge in [-0.1, -0.05) is 6.58 Å². The van der Waals surface area contributed by atoms with Gasteiger partial charge in [0.1, 0.15) is 6.61 Å². The third-order valence-electron chi connectivity index (χ3n) is 4.58. The first-order valence-electron chi connectivity index (χ1n) is 11.6. The minimum Gasteiger partial charge on any atom is -0.481 e. The highest BCUT2D eigenvalue weighted by Crippen LogP contribution is 2.27. The van der Waals surface area contributed by atoms with Crippen molar-refractivity contribution >= 4 is 45.7 Å².